The monoisotopic (exact) mass is 411 g/mol. The summed E-state index contributed by atoms with van der Waals surface area (Å²) in [6, 6.07) is 12.2. The molecule has 1 heterocycles. The molecule has 0 fully saturated rings. The standard InChI is InChI=1S/C22H25N3O5/c1-4-5-6-12-29-17-9-7-8-15(13-17)20(26)23-22-25-24-21(30-22)16-10-11-18(27-2)19(14-16)28-3/h7-11,13-14H,4-6,12H2,1-3H3,(H,23,25,26). The van der Waals surface area contributed by atoms with Crippen molar-refractivity contribution < 1.29 is 23.4 Å². The van der Waals surface area contributed by atoms with Crippen LogP contribution >= 0.6 is 0 Å². The molecule has 1 amide bonds. The molecule has 0 unspecified atom stereocenters. The lowest BCUT2D eigenvalue weighted by atomic mass is 10.2. The first-order chi connectivity index (χ1) is 14.6. The summed E-state index contributed by atoms with van der Waals surface area (Å²) < 4.78 is 21.8. The third-order valence-electron chi connectivity index (χ3n) is 4.39. The van der Waals surface area contributed by atoms with Gasteiger partial charge < -0.3 is 18.6 Å². The van der Waals surface area contributed by atoms with E-state index in [2.05, 4.69) is 22.4 Å². The summed E-state index contributed by atoms with van der Waals surface area (Å²) in [5.74, 6) is 1.66. The van der Waals surface area contributed by atoms with E-state index in [1.54, 1.807) is 50.6 Å². The Morgan fingerprint density at radius 3 is 2.63 bits per heavy atom. The van der Waals surface area contributed by atoms with Gasteiger partial charge in [0.25, 0.3) is 5.91 Å². The zero-order valence-electron chi connectivity index (χ0n) is 17.3. The molecule has 0 saturated heterocycles. The highest BCUT2D eigenvalue weighted by molar-refractivity contribution is 6.03. The number of nitrogens with one attached hydrogen (secondary N) is 1. The highest BCUT2D eigenvalue weighted by Gasteiger charge is 2.15. The van der Waals surface area contributed by atoms with Gasteiger partial charge >= 0.3 is 6.01 Å². The molecular weight excluding hydrogens is 386 g/mol. The molecule has 0 bridgehead atoms. The highest BCUT2D eigenvalue weighted by atomic mass is 16.5. The number of amides is 1. The average molecular weight is 411 g/mol. The lowest BCUT2D eigenvalue weighted by molar-refractivity contribution is 0.102. The van der Waals surface area contributed by atoms with E-state index in [0.29, 0.717) is 35.0 Å². The molecule has 0 aliphatic heterocycles. The van der Waals surface area contributed by atoms with Gasteiger partial charge in [0, 0.05) is 11.1 Å². The van der Waals surface area contributed by atoms with Gasteiger partial charge in [-0.25, -0.2) is 0 Å². The van der Waals surface area contributed by atoms with Crippen LogP contribution in [0.3, 0.4) is 0 Å². The molecule has 8 nitrogen and oxygen atoms in total. The number of rotatable bonds is 10. The maximum atomic E-state index is 12.5. The van der Waals surface area contributed by atoms with Crippen LogP contribution in [0, 0.1) is 0 Å². The molecule has 0 aliphatic rings. The number of carbonyl (C=O) groups excluding carboxylic acids is 1. The minimum Gasteiger partial charge on any atom is -0.494 e. The van der Waals surface area contributed by atoms with Crippen molar-refractivity contribution in [1.82, 2.24) is 10.2 Å². The molecule has 0 spiro atoms. The minimum absolute atomic E-state index is 0.000878. The van der Waals surface area contributed by atoms with Crippen molar-refractivity contribution in [2.45, 2.75) is 26.2 Å². The summed E-state index contributed by atoms with van der Waals surface area (Å²) >= 11 is 0. The normalized spacial score (nSPS) is 10.5. The Morgan fingerprint density at radius 1 is 1.03 bits per heavy atom. The van der Waals surface area contributed by atoms with Gasteiger partial charge in [0.2, 0.25) is 5.89 Å². The van der Waals surface area contributed by atoms with Gasteiger partial charge in [-0.15, -0.1) is 5.10 Å². The van der Waals surface area contributed by atoms with E-state index in [1.807, 2.05) is 6.07 Å². The van der Waals surface area contributed by atoms with E-state index in [-0.39, 0.29) is 17.8 Å². The van der Waals surface area contributed by atoms with Crippen molar-refractivity contribution in [3.63, 3.8) is 0 Å². The number of benzene rings is 2. The quantitative estimate of drug-likeness (QED) is 0.488. The first kappa shape index (κ1) is 21.2. The van der Waals surface area contributed by atoms with Gasteiger partial charge in [0.05, 0.1) is 20.8 Å². The molecule has 0 saturated carbocycles. The number of ether oxygens (including phenoxy) is 3. The summed E-state index contributed by atoms with van der Waals surface area (Å²) in [7, 11) is 3.10. The predicted octanol–water partition coefficient (Wildman–Crippen LogP) is 4.58. The van der Waals surface area contributed by atoms with Crippen LogP contribution in [-0.2, 0) is 0 Å². The van der Waals surface area contributed by atoms with E-state index < -0.39 is 0 Å². The van der Waals surface area contributed by atoms with Crippen LogP contribution in [-0.4, -0.2) is 36.9 Å². The van der Waals surface area contributed by atoms with Crippen molar-refractivity contribution in [3.05, 3.63) is 48.0 Å². The first-order valence-electron chi connectivity index (χ1n) is 9.74. The Kier molecular flexibility index (Phi) is 7.26. The van der Waals surface area contributed by atoms with Crippen LogP contribution in [0.4, 0.5) is 6.01 Å². The lowest BCUT2D eigenvalue weighted by Gasteiger charge is -2.08. The van der Waals surface area contributed by atoms with Gasteiger partial charge in [0.1, 0.15) is 5.75 Å². The number of carbonyl (C=O) groups is 1. The van der Waals surface area contributed by atoms with E-state index in [0.717, 1.165) is 19.3 Å². The largest absolute Gasteiger partial charge is 0.494 e. The van der Waals surface area contributed by atoms with Crippen LogP contribution in [0.2, 0.25) is 0 Å². The number of hydrogen-bond donors (Lipinski definition) is 1. The molecule has 3 rings (SSSR count). The maximum Gasteiger partial charge on any atom is 0.322 e. The fourth-order valence-corrected chi connectivity index (χ4v) is 2.80. The Hall–Kier alpha value is -3.55. The summed E-state index contributed by atoms with van der Waals surface area (Å²) in [6.07, 6.45) is 3.22. The highest BCUT2D eigenvalue weighted by Crippen LogP contribution is 2.32. The maximum absolute atomic E-state index is 12.5. The topological polar surface area (TPSA) is 95.7 Å². The molecule has 1 N–H and O–H groups in total. The summed E-state index contributed by atoms with van der Waals surface area (Å²) in [6.45, 7) is 2.76. The molecule has 30 heavy (non-hydrogen) atoms. The van der Waals surface area contributed by atoms with Crippen LogP contribution in [0.25, 0.3) is 11.5 Å². The Labute approximate surface area is 175 Å². The molecule has 2 aromatic carbocycles. The molecule has 8 heteroatoms. The van der Waals surface area contributed by atoms with Crippen molar-refractivity contribution >= 4 is 11.9 Å². The van der Waals surface area contributed by atoms with Crippen LogP contribution in [0.1, 0.15) is 36.5 Å². The van der Waals surface area contributed by atoms with Crippen LogP contribution in [0.15, 0.2) is 46.9 Å². The molecule has 3 aromatic rings. The van der Waals surface area contributed by atoms with Gasteiger partial charge in [-0.1, -0.05) is 30.9 Å². The molecular formula is C22H25N3O5. The third kappa shape index (κ3) is 5.28. The number of unbranched alkanes of at least 4 members (excludes halogenated alkanes) is 2. The van der Waals surface area contributed by atoms with Crippen LogP contribution < -0.4 is 19.5 Å². The van der Waals surface area contributed by atoms with Crippen molar-refractivity contribution in [3.8, 4) is 28.7 Å². The molecule has 158 valence electrons. The van der Waals surface area contributed by atoms with Gasteiger partial charge in [-0.05, 0) is 42.8 Å². The van der Waals surface area contributed by atoms with Gasteiger partial charge in [-0.2, -0.15) is 0 Å². The van der Waals surface area contributed by atoms with Crippen molar-refractivity contribution in [2.75, 3.05) is 26.1 Å². The van der Waals surface area contributed by atoms with E-state index in [9.17, 15) is 4.79 Å². The average Bonchev–Trinajstić information content (AvgIpc) is 3.25. The lowest BCUT2D eigenvalue weighted by Crippen LogP contribution is -2.12. The number of methoxy groups -OCH3 is 2. The fourth-order valence-electron chi connectivity index (χ4n) is 2.80. The second kappa shape index (κ2) is 10.3. The van der Waals surface area contributed by atoms with Crippen LogP contribution in [0.5, 0.6) is 17.2 Å². The van der Waals surface area contributed by atoms with E-state index in [4.69, 9.17) is 18.6 Å². The fraction of sp³-hybridized carbons (Fsp3) is 0.318. The molecule has 0 radical (unpaired) electrons. The van der Waals surface area contributed by atoms with E-state index >= 15 is 0 Å². The molecule has 0 aliphatic carbocycles. The number of hydrogen-bond acceptors (Lipinski definition) is 7. The minimum atomic E-state index is -0.364. The number of anilines is 1. The summed E-state index contributed by atoms with van der Waals surface area (Å²) in [5.41, 5.74) is 1.08. The van der Waals surface area contributed by atoms with Crippen molar-refractivity contribution in [2.24, 2.45) is 0 Å². The zero-order valence-corrected chi connectivity index (χ0v) is 17.3. The molecule has 0 atom stereocenters. The second-order valence-corrected chi connectivity index (χ2v) is 6.52. The SMILES string of the molecule is CCCCCOc1cccc(C(=O)Nc2nnc(-c3ccc(OC)c(OC)c3)o2)c1. The van der Waals surface area contributed by atoms with E-state index in [1.165, 1.54) is 0 Å². The number of nitrogens with zero attached hydrogens (tertiary/aromatic N) is 2. The Bertz CT molecular complexity index is 986. The van der Waals surface area contributed by atoms with Gasteiger partial charge in [0.15, 0.2) is 11.5 Å². The summed E-state index contributed by atoms with van der Waals surface area (Å²) in [5, 5.41) is 10.5. The first-order valence-corrected chi connectivity index (χ1v) is 9.74. The second-order valence-electron chi connectivity index (χ2n) is 6.52. The zero-order chi connectivity index (χ0) is 21.3. The number of aromatic nitrogens is 2. The van der Waals surface area contributed by atoms with Crippen molar-refractivity contribution in [1.29, 1.82) is 0 Å². The smallest absolute Gasteiger partial charge is 0.322 e. The Morgan fingerprint density at radius 2 is 1.87 bits per heavy atom. The predicted molar refractivity (Wildman–Crippen MR) is 112 cm³/mol. The van der Waals surface area contributed by atoms with Gasteiger partial charge in [-0.3, -0.25) is 10.1 Å². The molecule has 1 aromatic heterocycles. The Balaban J connectivity index is 1.66. The third-order valence-corrected chi connectivity index (χ3v) is 4.39. The summed E-state index contributed by atoms with van der Waals surface area (Å²) in [4.78, 5) is 12.5.